The second-order valence-electron chi connectivity index (χ2n) is 3.55. The van der Waals surface area contributed by atoms with Crippen LogP contribution in [0.25, 0.3) is 0 Å². The van der Waals surface area contributed by atoms with Gasteiger partial charge in [-0.1, -0.05) is 0 Å². The lowest BCUT2D eigenvalue weighted by Crippen LogP contribution is -2.42. The number of nitrogens with zero attached hydrogens (tertiary/aromatic N) is 1. The van der Waals surface area contributed by atoms with Crippen LogP contribution in [0, 0.1) is 0 Å². The number of ether oxygens (including phenoxy) is 1. The van der Waals surface area contributed by atoms with E-state index in [1.165, 1.54) is 21.2 Å². The molecule has 0 saturated heterocycles. The molecular weight excluding hydrogens is 221 g/mol. The van der Waals surface area contributed by atoms with Gasteiger partial charge in [-0.15, -0.1) is 0 Å². The lowest BCUT2D eigenvalue weighted by atomic mass is 10.0. The maximum Gasteiger partial charge on any atom is 0.328 e. The van der Waals surface area contributed by atoms with Crippen molar-refractivity contribution in [2.75, 3.05) is 12.8 Å². The average molecular weight is 235 g/mol. The Kier molecular flexibility index (Phi) is 4.51. The van der Waals surface area contributed by atoms with Gasteiger partial charge in [0, 0.05) is 12.6 Å². The molecule has 1 heterocycles. The molecule has 1 atom stereocenters. The molecule has 1 aromatic heterocycles. The summed E-state index contributed by atoms with van der Waals surface area (Å²) in [6.45, 7) is 0. The van der Waals surface area contributed by atoms with E-state index >= 15 is 0 Å². The summed E-state index contributed by atoms with van der Waals surface area (Å²) in [6.07, 6.45) is 3.35. The number of amides is 1. The molecule has 7 heteroatoms. The molecular formula is C10H14BN3O3. The van der Waals surface area contributed by atoms with Crippen molar-refractivity contribution in [3.63, 3.8) is 0 Å². The minimum atomic E-state index is -0.734. The quantitative estimate of drug-likeness (QED) is 0.520. The maximum absolute atomic E-state index is 11.5. The van der Waals surface area contributed by atoms with Crippen LogP contribution in [-0.2, 0) is 16.0 Å². The smallest absolute Gasteiger partial charge is 0.328 e. The first-order valence-corrected chi connectivity index (χ1v) is 5.08. The topological polar surface area (TPSA) is 94.3 Å². The molecule has 0 bridgehead atoms. The Labute approximate surface area is 100.0 Å². The van der Waals surface area contributed by atoms with Crippen LogP contribution in [0.15, 0.2) is 18.5 Å². The molecule has 3 N–H and O–H groups in total. The van der Waals surface area contributed by atoms with E-state index in [0.29, 0.717) is 5.69 Å². The molecule has 0 spiro atoms. The SMILES string of the molecule is BC(=O)NC(Cc1ccncc1N)C(=O)OC. The fraction of sp³-hybridized carbons (Fsp3) is 0.300. The molecule has 1 aromatic rings. The number of hydrogen-bond acceptors (Lipinski definition) is 5. The van der Waals surface area contributed by atoms with E-state index in [9.17, 15) is 9.59 Å². The Balaban J connectivity index is 2.82. The molecule has 6 nitrogen and oxygen atoms in total. The highest BCUT2D eigenvalue weighted by Crippen LogP contribution is 2.11. The molecule has 0 aliphatic heterocycles. The molecule has 0 aliphatic rings. The monoisotopic (exact) mass is 235 g/mol. The zero-order valence-electron chi connectivity index (χ0n) is 9.77. The number of hydrogen-bond donors (Lipinski definition) is 2. The van der Waals surface area contributed by atoms with Crippen molar-refractivity contribution in [3.05, 3.63) is 24.0 Å². The van der Waals surface area contributed by atoms with Gasteiger partial charge >= 0.3 is 5.97 Å². The van der Waals surface area contributed by atoms with Crippen LogP contribution in [0.4, 0.5) is 10.5 Å². The van der Waals surface area contributed by atoms with Crippen molar-refractivity contribution in [1.29, 1.82) is 0 Å². The number of anilines is 1. The first kappa shape index (κ1) is 13.0. The summed E-state index contributed by atoms with van der Waals surface area (Å²) >= 11 is 0. The third kappa shape index (κ3) is 3.79. The van der Waals surface area contributed by atoms with Crippen molar-refractivity contribution in [2.45, 2.75) is 12.5 Å². The summed E-state index contributed by atoms with van der Waals surface area (Å²) in [5, 5.41) is 2.52. The van der Waals surface area contributed by atoms with Crippen LogP contribution in [0.2, 0.25) is 0 Å². The summed E-state index contributed by atoms with van der Waals surface area (Å²) in [5.74, 6) is -0.801. The third-order valence-electron chi connectivity index (χ3n) is 2.23. The average Bonchev–Trinajstić information content (AvgIpc) is 2.29. The van der Waals surface area contributed by atoms with Gasteiger partial charge in [-0.25, -0.2) is 4.79 Å². The van der Waals surface area contributed by atoms with Crippen LogP contribution in [0.3, 0.4) is 0 Å². The second kappa shape index (κ2) is 5.88. The van der Waals surface area contributed by atoms with E-state index < -0.39 is 12.0 Å². The largest absolute Gasteiger partial charge is 0.467 e. The highest BCUT2D eigenvalue weighted by Gasteiger charge is 2.21. The minimum Gasteiger partial charge on any atom is -0.467 e. The van der Waals surface area contributed by atoms with E-state index in [1.807, 2.05) is 0 Å². The first-order chi connectivity index (χ1) is 8.04. The van der Waals surface area contributed by atoms with E-state index in [0.717, 1.165) is 5.56 Å². The molecule has 0 fully saturated rings. The number of carbonyl (C=O) groups excluding carboxylic acids is 2. The van der Waals surface area contributed by atoms with Gasteiger partial charge in [0.2, 0.25) is 7.85 Å². The van der Waals surface area contributed by atoms with Crippen molar-refractivity contribution in [3.8, 4) is 0 Å². The predicted octanol–water partition coefficient (Wildman–Crippen LogP) is -0.909. The maximum atomic E-state index is 11.5. The fourth-order valence-electron chi connectivity index (χ4n) is 1.42. The van der Waals surface area contributed by atoms with E-state index in [2.05, 4.69) is 15.0 Å². The van der Waals surface area contributed by atoms with Crippen LogP contribution in [-0.4, -0.2) is 37.8 Å². The van der Waals surface area contributed by atoms with Gasteiger partial charge in [0.1, 0.15) is 6.04 Å². The number of carbonyl (C=O) groups is 2. The minimum absolute atomic E-state index is 0.278. The highest BCUT2D eigenvalue weighted by atomic mass is 16.5. The summed E-state index contributed by atoms with van der Waals surface area (Å²) in [7, 11) is 2.61. The normalized spacial score (nSPS) is 11.6. The van der Waals surface area contributed by atoms with Crippen LogP contribution in [0.1, 0.15) is 5.56 Å². The second-order valence-corrected chi connectivity index (χ2v) is 3.55. The summed E-state index contributed by atoms with van der Waals surface area (Å²) in [6, 6.07) is 0.967. The van der Waals surface area contributed by atoms with Crippen molar-refractivity contribution >= 4 is 25.3 Å². The molecule has 0 radical (unpaired) electrons. The fourth-order valence-corrected chi connectivity index (χ4v) is 1.42. The van der Waals surface area contributed by atoms with Gasteiger partial charge in [-0.3, -0.25) is 9.78 Å². The Morgan fingerprint density at radius 1 is 1.65 bits per heavy atom. The van der Waals surface area contributed by atoms with Crippen molar-refractivity contribution < 1.29 is 14.3 Å². The Bertz CT molecular complexity index is 425. The highest BCUT2D eigenvalue weighted by molar-refractivity contribution is 6.57. The van der Waals surface area contributed by atoms with E-state index in [-0.39, 0.29) is 12.2 Å². The zero-order valence-corrected chi connectivity index (χ0v) is 9.77. The van der Waals surface area contributed by atoms with Crippen molar-refractivity contribution in [1.82, 2.24) is 10.3 Å². The molecule has 17 heavy (non-hydrogen) atoms. The molecule has 1 rings (SSSR count). The number of pyridine rings is 1. The molecule has 0 aromatic carbocycles. The lowest BCUT2D eigenvalue weighted by Gasteiger charge is -2.16. The Morgan fingerprint density at radius 2 is 2.35 bits per heavy atom. The summed E-state index contributed by atoms with van der Waals surface area (Å²) < 4.78 is 4.62. The Hall–Kier alpha value is -2.05. The molecule has 1 unspecified atom stereocenters. The number of aromatic nitrogens is 1. The molecule has 90 valence electrons. The lowest BCUT2D eigenvalue weighted by molar-refractivity contribution is -0.142. The predicted molar refractivity (Wildman–Crippen MR) is 65.2 cm³/mol. The number of nitrogens with one attached hydrogen (secondary N) is 1. The van der Waals surface area contributed by atoms with Crippen LogP contribution >= 0.6 is 0 Å². The molecule has 0 aliphatic carbocycles. The van der Waals surface area contributed by atoms with Gasteiger partial charge in [0.05, 0.1) is 19.0 Å². The third-order valence-corrected chi connectivity index (χ3v) is 2.23. The summed E-state index contributed by atoms with van der Waals surface area (Å²) in [4.78, 5) is 26.3. The van der Waals surface area contributed by atoms with Gasteiger partial charge in [-0.05, 0) is 11.6 Å². The molecule has 1 amide bonds. The molecule has 0 saturated carbocycles. The van der Waals surface area contributed by atoms with Crippen LogP contribution in [0.5, 0.6) is 0 Å². The number of nitrogen functional groups attached to an aromatic ring is 1. The van der Waals surface area contributed by atoms with Gasteiger partial charge in [-0.2, -0.15) is 0 Å². The van der Waals surface area contributed by atoms with E-state index in [1.54, 1.807) is 12.3 Å². The summed E-state index contributed by atoms with van der Waals surface area (Å²) in [5.41, 5.74) is 6.93. The van der Waals surface area contributed by atoms with Gasteiger partial charge in [0.25, 0.3) is 0 Å². The Morgan fingerprint density at radius 3 is 2.88 bits per heavy atom. The van der Waals surface area contributed by atoms with Gasteiger partial charge in [0.15, 0.2) is 5.81 Å². The zero-order chi connectivity index (χ0) is 12.8. The van der Waals surface area contributed by atoms with Crippen molar-refractivity contribution in [2.24, 2.45) is 0 Å². The first-order valence-electron chi connectivity index (χ1n) is 5.08. The number of esters is 1. The van der Waals surface area contributed by atoms with Crippen LogP contribution < -0.4 is 11.1 Å². The number of rotatable bonds is 4. The number of nitrogens with two attached hydrogens (primary N) is 1. The number of methoxy groups -OCH3 is 1. The standard InChI is InChI=1S/C10H14BN3O3/c1-17-9(15)8(14-10(11)16)4-6-2-3-13-5-7(6)12/h2-3,5,8H,4,11-12H2,1H3,(H,14,16). The van der Waals surface area contributed by atoms with E-state index in [4.69, 9.17) is 5.73 Å². The van der Waals surface area contributed by atoms with Gasteiger partial charge < -0.3 is 15.8 Å².